The Bertz CT molecular complexity index is 388. The molecular formula is C11H12BrFO2. The number of esters is 1. The van der Waals surface area contributed by atoms with Crippen LogP contribution in [0.15, 0.2) is 22.7 Å². The number of ether oxygens (including phenoxy) is 1. The van der Waals surface area contributed by atoms with Crippen LogP contribution < -0.4 is 0 Å². The Morgan fingerprint density at radius 3 is 2.60 bits per heavy atom. The smallest absolute Gasteiger partial charge is 0.315 e. The quantitative estimate of drug-likeness (QED) is 0.775. The van der Waals surface area contributed by atoms with Crippen LogP contribution in [-0.4, -0.2) is 13.1 Å². The number of halogens is 2. The summed E-state index contributed by atoms with van der Waals surface area (Å²) in [6.45, 7) is 3.26. The lowest BCUT2D eigenvalue weighted by Gasteiger charge is -2.22. The summed E-state index contributed by atoms with van der Waals surface area (Å²) in [4.78, 5) is 11.5. The normalized spacial score (nSPS) is 11.3. The van der Waals surface area contributed by atoms with Crippen LogP contribution in [0.3, 0.4) is 0 Å². The number of benzene rings is 1. The predicted octanol–water partition coefficient (Wildman–Crippen LogP) is 3.04. The van der Waals surface area contributed by atoms with Crippen LogP contribution in [0.4, 0.5) is 4.39 Å². The molecular weight excluding hydrogens is 263 g/mol. The molecule has 0 saturated carbocycles. The van der Waals surface area contributed by atoms with Gasteiger partial charge in [-0.25, -0.2) is 4.39 Å². The number of carbonyl (C=O) groups is 1. The van der Waals surface area contributed by atoms with Gasteiger partial charge in [-0.15, -0.1) is 0 Å². The molecule has 82 valence electrons. The molecule has 1 rings (SSSR count). The van der Waals surface area contributed by atoms with Crippen molar-refractivity contribution < 1.29 is 13.9 Å². The summed E-state index contributed by atoms with van der Waals surface area (Å²) in [5.74, 6) is -0.867. The number of rotatable bonds is 2. The van der Waals surface area contributed by atoms with Gasteiger partial charge in [0.2, 0.25) is 0 Å². The Kier molecular flexibility index (Phi) is 3.50. The van der Waals surface area contributed by atoms with Crippen molar-refractivity contribution in [3.63, 3.8) is 0 Å². The van der Waals surface area contributed by atoms with Crippen molar-refractivity contribution in [3.05, 3.63) is 34.1 Å². The van der Waals surface area contributed by atoms with E-state index in [1.54, 1.807) is 26.0 Å². The molecule has 0 aliphatic heterocycles. The van der Waals surface area contributed by atoms with Gasteiger partial charge in [-0.05, 0) is 32.0 Å². The van der Waals surface area contributed by atoms with Crippen molar-refractivity contribution in [2.45, 2.75) is 19.3 Å². The molecule has 0 bridgehead atoms. The second-order valence-electron chi connectivity index (χ2n) is 3.74. The molecule has 0 fully saturated rings. The molecule has 0 heterocycles. The Hall–Kier alpha value is -0.900. The highest BCUT2D eigenvalue weighted by atomic mass is 79.9. The molecule has 0 aliphatic rings. The number of hydrogen-bond donors (Lipinski definition) is 0. The highest BCUT2D eigenvalue weighted by molar-refractivity contribution is 9.10. The molecule has 1 aromatic rings. The third-order valence-corrected chi connectivity index (χ3v) is 2.79. The number of hydrogen-bond acceptors (Lipinski definition) is 2. The number of carbonyl (C=O) groups excluding carboxylic acids is 1. The largest absolute Gasteiger partial charge is 0.468 e. The first-order chi connectivity index (χ1) is 6.89. The lowest BCUT2D eigenvalue weighted by molar-refractivity contribution is -0.146. The Morgan fingerprint density at radius 2 is 2.07 bits per heavy atom. The summed E-state index contributed by atoms with van der Waals surface area (Å²) >= 11 is 3.24. The molecule has 0 unspecified atom stereocenters. The fourth-order valence-corrected chi connectivity index (χ4v) is 1.70. The Morgan fingerprint density at radius 1 is 1.47 bits per heavy atom. The van der Waals surface area contributed by atoms with Crippen LogP contribution in [0.2, 0.25) is 0 Å². The molecule has 15 heavy (non-hydrogen) atoms. The van der Waals surface area contributed by atoms with E-state index in [1.807, 2.05) is 0 Å². The summed E-state index contributed by atoms with van der Waals surface area (Å²) in [7, 11) is 1.29. The highest BCUT2D eigenvalue weighted by Gasteiger charge is 2.33. The average molecular weight is 275 g/mol. The lowest BCUT2D eigenvalue weighted by Crippen LogP contribution is -2.31. The van der Waals surface area contributed by atoms with Crippen LogP contribution in [0.5, 0.6) is 0 Å². The molecule has 0 saturated heterocycles. The molecule has 0 spiro atoms. The highest BCUT2D eigenvalue weighted by Crippen LogP contribution is 2.29. The first kappa shape index (κ1) is 12.2. The summed E-state index contributed by atoms with van der Waals surface area (Å²) < 4.78 is 18.9. The molecule has 0 aromatic heterocycles. The molecule has 0 atom stereocenters. The van der Waals surface area contributed by atoms with E-state index in [-0.39, 0.29) is 0 Å². The lowest BCUT2D eigenvalue weighted by atomic mass is 9.84. The second-order valence-corrected chi connectivity index (χ2v) is 4.66. The molecule has 0 N–H and O–H groups in total. The maximum absolute atomic E-state index is 13.5. The van der Waals surface area contributed by atoms with Gasteiger partial charge in [0.1, 0.15) is 5.82 Å². The number of methoxy groups -OCH3 is 1. The minimum absolute atomic E-state index is 0.323. The third kappa shape index (κ3) is 2.37. The second kappa shape index (κ2) is 4.31. The van der Waals surface area contributed by atoms with Gasteiger partial charge >= 0.3 is 5.97 Å². The van der Waals surface area contributed by atoms with Gasteiger partial charge in [0.15, 0.2) is 0 Å². The molecule has 0 amide bonds. The molecule has 2 nitrogen and oxygen atoms in total. The van der Waals surface area contributed by atoms with Crippen molar-refractivity contribution >= 4 is 21.9 Å². The van der Waals surface area contributed by atoms with E-state index in [0.717, 1.165) is 4.47 Å². The maximum Gasteiger partial charge on any atom is 0.315 e. The average Bonchev–Trinajstić information content (AvgIpc) is 2.20. The zero-order valence-corrected chi connectivity index (χ0v) is 10.4. The summed E-state index contributed by atoms with van der Waals surface area (Å²) in [6, 6.07) is 4.50. The molecule has 0 radical (unpaired) electrons. The van der Waals surface area contributed by atoms with E-state index < -0.39 is 17.2 Å². The van der Waals surface area contributed by atoms with E-state index in [1.165, 1.54) is 13.2 Å². The van der Waals surface area contributed by atoms with Crippen LogP contribution >= 0.6 is 15.9 Å². The van der Waals surface area contributed by atoms with Gasteiger partial charge in [0.25, 0.3) is 0 Å². The topological polar surface area (TPSA) is 26.3 Å². The van der Waals surface area contributed by atoms with Crippen LogP contribution in [0.25, 0.3) is 0 Å². The third-order valence-electron chi connectivity index (χ3n) is 2.30. The standard InChI is InChI=1S/C11H12BrFO2/c1-11(2,10(14)15-3)8-6-7(12)4-5-9(8)13/h4-6H,1-3H3. The summed E-state index contributed by atoms with van der Waals surface area (Å²) in [5.41, 5.74) is -0.661. The fourth-order valence-electron chi connectivity index (χ4n) is 1.34. The first-order valence-electron chi connectivity index (χ1n) is 4.43. The maximum atomic E-state index is 13.5. The van der Waals surface area contributed by atoms with E-state index in [4.69, 9.17) is 0 Å². The zero-order chi connectivity index (χ0) is 11.6. The van der Waals surface area contributed by atoms with E-state index in [0.29, 0.717) is 5.56 Å². The van der Waals surface area contributed by atoms with Crippen molar-refractivity contribution in [1.29, 1.82) is 0 Å². The first-order valence-corrected chi connectivity index (χ1v) is 5.23. The van der Waals surface area contributed by atoms with Crippen molar-refractivity contribution in [1.82, 2.24) is 0 Å². The SMILES string of the molecule is COC(=O)C(C)(C)c1cc(Br)ccc1F. The van der Waals surface area contributed by atoms with Crippen molar-refractivity contribution in [2.75, 3.05) is 7.11 Å². The van der Waals surface area contributed by atoms with Crippen LogP contribution in [0.1, 0.15) is 19.4 Å². The minimum Gasteiger partial charge on any atom is -0.468 e. The van der Waals surface area contributed by atoms with Crippen LogP contribution in [-0.2, 0) is 14.9 Å². The molecule has 0 aliphatic carbocycles. The fraction of sp³-hybridized carbons (Fsp3) is 0.364. The van der Waals surface area contributed by atoms with Crippen LogP contribution in [0, 0.1) is 5.82 Å². The Balaban J connectivity index is 3.25. The van der Waals surface area contributed by atoms with Gasteiger partial charge in [0.05, 0.1) is 12.5 Å². The van der Waals surface area contributed by atoms with Gasteiger partial charge in [-0.1, -0.05) is 15.9 Å². The van der Waals surface area contributed by atoms with E-state index in [2.05, 4.69) is 20.7 Å². The molecule has 4 heteroatoms. The zero-order valence-electron chi connectivity index (χ0n) is 8.80. The van der Waals surface area contributed by atoms with E-state index >= 15 is 0 Å². The van der Waals surface area contributed by atoms with Gasteiger partial charge in [0, 0.05) is 10.0 Å². The summed E-state index contributed by atoms with van der Waals surface area (Å²) in [5, 5.41) is 0. The van der Waals surface area contributed by atoms with Gasteiger partial charge in [-0.2, -0.15) is 0 Å². The summed E-state index contributed by atoms with van der Waals surface area (Å²) in [6.07, 6.45) is 0. The molecule has 1 aromatic carbocycles. The van der Waals surface area contributed by atoms with E-state index in [9.17, 15) is 9.18 Å². The minimum atomic E-state index is -0.984. The van der Waals surface area contributed by atoms with Gasteiger partial charge < -0.3 is 4.74 Å². The van der Waals surface area contributed by atoms with Crippen molar-refractivity contribution in [3.8, 4) is 0 Å². The van der Waals surface area contributed by atoms with Crippen molar-refractivity contribution in [2.24, 2.45) is 0 Å². The van der Waals surface area contributed by atoms with Gasteiger partial charge in [-0.3, -0.25) is 4.79 Å². The predicted molar refractivity (Wildman–Crippen MR) is 59.1 cm³/mol. The monoisotopic (exact) mass is 274 g/mol. The Labute approximate surface area is 96.6 Å².